The van der Waals surface area contributed by atoms with Crippen molar-refractivity contribution >= 4 is 23.3 Å². The highest BCUT2D eigenvalue weighted by Crippen LogP contribution is 2.31. The van der Waals surface area contributed by atoms with Gasteiger partial charge < -0.3 is 24.6 Å². The molecule has 154 valence electrons. The number of para-hydroxylation sites is 1. The number of amides is 1. The summed E-state index contributed by atoms with van der Waals surface area (Å²) in [5.74, 6) is -0.428. The van der Waals surface area contributed by atoms with Gasteiger partial charge in [-0.25, -0.2) is 0 Å². The predicted octanol–water partition coefficient (Wildman–Crippen LogP) is 2.73. The summed E-state index contributed by atoms with van der Waals surface area (Å²) in [6.45, 7) is 0.839. The fourth-order valence-corrected chi connectivity index (χ4v) is 2.69. The highest BCUT2D eigenvalue weighted by Gasteiger charge is 2.15. The van der Waals surface area contributed by atoms with Gasteiger partial charge in [0.15, 0.2) is 23.9 Å². The van der Waals surface area contributed by atoms with Crippen molar-refractivity contribution in [3.8, 4) is 17.2 Å². The fraction of sp³-hybridized carbons (Fsp3) is 0.286. The van der Waals surface area contributed by atoms with Gasteiger partial charge in [0.2, 0.25) is 5.91 Å². The first-order valence-corrected chi connectivity index (χ1v) is 8.85. The van der Waals surface area contributed by atoms with Crippen molar-refractivity contribution in [1.29, 1.82) is 0 Å². The lowest BCUT2D eigenvalue weighted by Crippen LogP contribution is -2.15. The van der Waals surface area contributed by atoms with Gasteiger partial charge in [-0.2, -0.15) is 0 Å². The molecule has 1 amide bonds. The number of aromatic hydroxyl groups is 1. The molecule has 0 spiro atoms. The number of carbonyl (C=O) groups excluding carboxylic acids is 3. The number of esters is 1. The van der Waals surface area contributed by atoms with Crippen LogP contribution in [-0.4, -0.2) is 43.6 Å². The molecule has 0 saturated carbocycles. The number of phenolic OH excluding ortho intramolecular Hbond substituents is 1. The maximum atomic E-state index is 12.2. The topological polar surface area (TPSA) is 111 Å². The number of rotatable bonds is 9. The zero-order valence-corrected chi connectivity index (χ0v) is 16.5. The Labute approximate surface area is 168 Å². The number of ether oxygens (including phenoxy) is 3. The molecule has 0 heterocycles. The first-order valence-electron chi connectivity index (χ1n) is 8.85. The number of hydrogen-bond donors (Lipinski definition) is 2. The number of methoxy groups -OCH3 is 2. The van der Waals surface area contributed by atoms with Gasteiger partial charge in [0.25, 0.3) is 0 Å². The second-order valence-corrected chi connectivity index (χ2v) is 6.15. The average Bonchev–Trinajstić information content (AvgIpc) is 2.71. The van der Waals surface area contributed by atoms with E-state index in [-0.39, 0.29) is 29.3 Å². The lowest BCUT2D eigenvalue weighted by molar-refractivity contribution is -0.142. The lowest BCUT2D eigenvalue weighted by atomic mass is 10.1. The summed E-state index contributed by atoms with van der Waals surface area (Å²) in [4.78, 5) is 35.4. The standard InChI is InChI=1S/C21H23NO7/c1-13(23)22-16-11-15(7-9-17(16)24)18(25)12-29-20(26)10-8-14-5-4-6-19(27-2)21(14)28-3/h4-7,9,11,24H,8,10,12H2,1-3H3,(H,22,23). The van der Waals surface area contributed by atoms with E-state index in [1.165, 1.54) is 39.3 Å². The van der Waals surface area contributed by atoms with E-state index < -0.39 is 18.4 Å². The highest BCUT2D eigenvalue weighted by molar-refractivity contribution is 6.00. The number of Topliss-reactive ketones (excluding diaryl/α,β-unsaturated/α-hetero) is 1. The Balaban J connectivity index is 1.93. The van der Waals surface area contributed by atoms with E-state index in [1.54, 1.807) is 12.1 Å². The third-order valence-corrected chi connectivity index (χ3v) is 4.08. The number of phenols is 1. The molecule has 29 heavy (non-hydrogen) atoms. The van der Waals surface area contributed by atoms with Gasteiger partial charge in [0.1, 0.15) is 5.75 Å². The quantitative estimate of drug-likeness (QED) is 0.377. The molecule has 2 aromatic carbocycles. The Morgan fingerprint density at radius 2 is 1.83 bits per heavy atom. The molecule has 2 aromatic rings. The highest BCUT2D eigenvalue weighted by atomic mass is 16.5. The first-order chi connectivity index (χ1) is 13.8. The minimum absolute atomic E-state index is 0.0591. The summed E-state index contributed by atoms with van der Waals surface area (Å²) in [6, 6.07) is 9.37. The van der Waals surface area contributed by atoms with Gasteiger partial charge in [-0.15, -0.1) is 0 Å². The van der Waals surface area contributed by atoms with Crippen molar-refractivity contribution in [3.63, 3.8) is 0 Å². The van der Waals surface area contributed by atoms with E-state index in [9.17, 15) is 19.5 Å². The molecule has 0 unspecified atom stereocenters. The molecule has 0 saturated heterocycles. The van der Waals surface area contributed by atoms with Crippen LogP contribution >= 0.6 is 0 Å². The molecule has 0 fully saturated rings. The zero-order valence-electron chi connectivity index (χ0n) is 16.5. The third kappa shape index (κ3) is 5.97. The largest absolute Gasteiger partial charge is 0.506 e. The summed E-state index contributed by atoms with van der Waals surface area (Å²) in [7, 11) is 3.05. The summed E-state index contributed by atoms with van der Waals surface area (Å²) in [6.07, 6.45) is 0.419. The zero-order chi connectivity index (χ0) is 21.4. The van der Waals surface area contributed by atoms with Gasteiger partial charge >= 0.3 is 5.97 Å². The van der Waals surface area contributed by atoms with Crippen LogP contribution in [0.5, 0.6) is 17.2 Å². The van der Waals surface area contributed by atoms with Crippen LogP contribution in [0.4, 0.5) is 5.69 Å². The molecule has 0 aliphatic heterocycles. The van der Waals surface area contributed by atoms with Crippen molar-refractivity contribution in [3.05, 3.63) is 47.5 Å². The Morgan fingerprint density at radius 3 is 2.48 bits per heavy atom. The maximum absolute atomic E-state index is 12.2. The minimum atomic E-state index is -0.538. The Hall–Kier alpha value is -3.55. The lowest BCUT2D eigenvalue weighted by Gasteiger charge is -2.12. The van der Waals surface area contributed by atoms with Crippen molar-refractivity contribution in [1.82, 2.24) is 0 Å². The monoisotopic (exact) mass is 401 g/mol. The van der Waals surface area contributed by atoms with E-state index >= 15 is 0 Å². The number of carbonyl (C=O) groups is 3. The minimum Gasteiger partial charge on any atom is -0.506 e. The van der Waals surface area contributed by atoms with Gasteiger partial charge in [-0.3, -0.25) is 14.4 Å². The van der Waals surface area contributed by atoms with Crippen LogP contribution in [0.1, 0.15) is 29.3 Å². The van der Waals surface area contributed by atoms with Crippen molar-refractivity contribution < 1.29 is 33.7 Å². The number of anilines is 1. The molecular formula is C21H23NO7. The molecule has 2 N–H and O–H groups in total. The molecule has 8 heteroatoms. The molecule has 2 rings (SSSR count). The first kappa shape index (κ1) is 21.7. The van der Waals surface area contributed by atoms with Gasteiger partial charge in [0.05, 0.1) is 19.9 Å². The number of hydrogen-bond acceptors (Lipinski definition) is 7. The smallest absolute Gasteiger partial charge is 0.306 e. The van der Waals surface area contributed by atoms with Gasteiger partial charge in [-0.05, 0) is 36.2 Å². The molecule has 0 aliphatic carbocycles. The molecular weight excluding hydrogens is 378 g/mol. The molecule has 0 aliphatic rings. The van der Waals surface area contributed by atoms with E-state index in [4.69, 9.17) is 14.2 Å². The van der Waals surface area contributed by atoms with Crippen LogP contribution in [0.15, 0.2) is 36.4 Å². The summed E-state index contributed by atoms with van der Waals surface area (Å²) in [5, 5.41) is 12.1. The van der Waals surface area contributed by atoms with E-state index in [1.807, 2.05) is 6.07 Å². The average molecular weight is 401 g/mol. The van der Waals surface area contributed by atoms with E-state index in [2.05, 4.69) is 5.32 Å². The second-order valence-electron chi connectivity index (χ2n) is 6.15. The van der Waals surface area contributed by atoms with Crippen molar-refractivity contribution in [2.24, 2.45) is 0 Å². The second kappa shape index (κ2) is 10.1. The molecule has 8 nitrogen and oxygen atoms in total. The van der Waals surface area contributed by atoms with Crippen molar-refractivity contribution in [2.75, 3.05) is 26.1 Å². The predicted molar refractivity (Wildman–Crippen MR) is 106 cm³/mol. The number of nitrogens with one attached hydrogen (secondary N) is 1. The number of benzene rings is 2. The summed E-state index contributed by atoms with van der Waals surface area (Å²) < 4.78 is 15.6. The van der Waals surface area contributed by atoms with Crippen LogP contribution in [0.3, 0.4) is 0 Å². The Bertz CT molecular complexity index is 908. The third-order valence-electron chi connectivity index (χ3n) is 4.08. The molecule has 0 atom stereocenters. The van der Waals surface area contributed by atoms with Crippen LogP contribution in [-0.2, 0) is 20.7 Å². The van der Waals surface area contributed by atoms with E-state index in [0.717, 1.165) is 5.56 Å². The molecule has 0 aromatic heterocycles. The number of aryl methyl sites for hydroxylation is 1. The van der Waals surface area contributed by atoms with Gasteiger partial charge in [-0.1, -0.05) is 12.1 Å². The molecule has 0 radical (unpaired) electrons. The van der Waals surface area contributed by atoms with Gasteiger partial charge in [0, 0.05) is 18.9 Å². The Morgan fingerprint density at radius 1 is 1.07 bits per heavy atom. The van der Waals surface area contributed by atoms with E-state index in [0.29, 0.717) is 17.9 Å². The van der Waals surface area contributed by atoms with Crippen LogP contribution in [0.2, 0.25) is 0 Å². The maximum Gasteiger partial charge on any atom is 0.306 e. The van der Waals surface area contributed by atoms with Crippen LogP contribution in [0.25, 0.3) is 0 Å². The van der Waals surface area contributed by atoms with Crippen molar-refractivity contribution in [2.45, 2.75) is 19.8 Å². The fourth-order valence-electron chi connectivity index (χ4n) is 2.69. The van der Waals surface area contributed by atoms with Crippen LogP contribution < -0.4 is 14.8 Å². The number of ketones is 1. The normalized spacial score (nSPS) is 10.2. The summed E-state index contributed by atoms with van der Waals surface area (Å²) in [5.41, 5.74) is 1.10. The SMILES string of the molecule is COc1cccc(CCC(=O)OCC(=O)c2ccc(O)c(NC(C)=O)c2)c1OC. The molecule has 0 bridgehead atoms. The summed E-state index contributed by atoms with van der Waals surface area (Å²) >= 11 is 0. The van der Waals surface area contributed by atoms with Crippen LogP contribution in [0, 0.1) is 0 Å². The Kier molecular flexibility index (Phi) is 7.59.